The van der Waals surface area contributed by atoms with Gasteiger partial charge in [0.2, 0.25) is 0 Å². The SMILES string of the molecule is COC(=O)[C@H](CNC(=O)OCc1ccccc1)N(C(=O)OC(C)(C)C)C(=O)OC(C)(C)C. The summed E-state index contributed by atoms with van der Waals surface area (Å²) < 4.78 is 20.3. The number of nitrogens with zero attached hydrogens (tertiary/aromatic N) is 1. The Morgan fingerprint density at radius 3 is 1.84 bits per heavy atom. The average Bonchev–Trinajstić information content (AvgIpc) is 2.66. The monoisotopic (exact) mass is 452 g/mol. The van der Waals surface area contributed by atoms with Crippen LogP contribution in [0, 0.1) is 0 Å². The van der Waals surface area contributed by atoms with E-state index in [2.05, 4.69) is 5.32 Å². The lowest BCUT2D eigenvalue weighted by molar-refractivity contribution is -0.146. The van der Waals surface area contributed by atoms with E-state index in [1.54, 1.807) is 65.8 Å². The third-order valence-corrected chi connectivity index (χ3v) is 3.62. The molecule has 0 unspecified atom stereocenters. The van der Waals surface area contributed by atoms with Crippen LogP contribution in [0.1, 0.15) is 47.1 Å². The van der Waals surface area contributed by atoms with Gasteiger partial charge in [-0.05, 0) is 47.1 Å². The zero-order valence-corrected chi connectivity index (χ0v) is 19.6. The highest BCUT2D eigenvalue weighted by molar-refractivity contribution is 5.94. The fourth-order valence-corrected chi connectivity index (χ4v) is 2.32. The van der Waals surface area contributed by atoms with Gasteiger partial charge in [-0.15, -0.1) is 0 Å². The van der Waals surface area contributed by atoms with Crippen LogP contribution in [0.25, 0.3) is 0 Å². The molecule has 0 saturated heterocycles. The van der Waals surface area contributed by atoms with E-state index in [9.17, 15) is 19.2 Å². The summed E-state index contributed by atoms with van der Waals surface area (Å²) in [5, 5.41) is 2.36. The Bertz CT molecular complexity index is 768. The number of hydrogen-bond donors (Lipinski definition) is 1. The van der Waals surface area contributed by atoms with Gasteiger partial charge in [-0.3, -0.25) is 0 Å². The highest BCUT2D eigenvalue weighted by Crippen LogP contribution is 2.17. The van der Waals surface area contributed by atoms with Gasteiger partial charge in [0.15, 0.2) is 6.04 Å². The molecule has 3 amide bonds. The van der Waals surface area contributed by atoms with Crippen LogP contribution in [-0.4, -0.2) is 60.0 Å². The summed E-state index contributed by atoms with van der Waals surface area (Å²) in [6, 6.07) is 7.42. The van der Waals surface area contributed by atoms with Crippen molar-refractivity contribution in [2.45, 2.75) is 65.4 Å². The van der Waals surface area contributed by atoms with Gasteiger partial charge in [0.25, 0.3) is 0 Å². The van der Waals surface area contributed by atoms with Crippen molar-refractivity contribution in [1.82, 2.24) is 10.2 Å². The van der Waals surface area contributed by atoms with E-state index in [-0.39, 0.29) is 6.61 Å². The van der Waals surface area contributed by atoms with E-state index in [4.69, 9.17) is 18.9 Å². The molecule has 0 radical (unpaired) electrons. The normalized spacial score (nSPS) is 12.2. The van der Waals surface area contributed by atoms with Gasteiger partial charge in [0.05, 0.1) is 13.7 Å². The van der Waals surface area contributed by atoms with E-state index < -0.39 is 48.0 Å². The van der Waals surface area contributed by atoms with Gasteiger partial charge in [0, 0.05) is 0 Å². The molecule has 1 rings (SSSR count). The molecule has 1 aromatic rings. The summed E-state index contributed by atoms with van der Waals surface area (Å²) in [6.45, 7) is 9.13. The van der Waals surface area contributed by atoms with Gasteiger partial charge in [-0.1, -0.05) is 30.3 Å². The third kappa shape index (κ3) is 9.67. The number of amides is 3. The van der Waals surface area contributed by atoms with Crippen LogP contribution in [0.2, 0.25) is 0 Å². The van der Waals surface area contributed by atoms with Gasteiger partial charge < -0.3 is 24.3 Å². The number of benzene rings is 1. The molecule has 10 nitrogen and oxygen atoms in total. The summed E-state index contributed by atoms with van der Waals surface area (Å²) in [5.41, 5.74) is -1.16. The van der Waals surface area contributed by atoms with Crippen molar-refractivity contribution >= 4 is 24.2 Å². The maximum absolute atomic E-state index is 12.8. The Labute approximate surface area is 188 Å². The fourth-order valence-electron chi connectivity index (χ4n) is 2.32. The van der Waals surface area contributed by atoms with Gasteiger partial charge in [0.1, 0.15) is 17.8 Å². The minimum Gasteiger partial charge on any atom is -0.467 e. The molecule has 0 fully saturated rings. The number of imide groups is 1. The van der Waals surface area contributed by atoms with Crippen molar-refractivity contribution in [1.29, 1.82) is 0 Å². The molecule has 1 N–H and O–H groups in total. The summed E-state index contributed by atoms with van der Waals surface area (Å²) in [4.78, 5) is 50.5. The number of rotatable bonds is 6. The van der Waals surface area contributed by atoms with E-state index >= 15 is 0 Å². The van der Waals surface area contributed by atoms with E-state index in [0.29, 0.717) is 4.90 Å². The molecular formula is C22H32N2O8. The van der Waals surface area contributed by atoms with E-state index in [1.165, 1.54) is 0 Å². The second kappa shape index (κ2) is 11.4. The molecule has 1 aromatic carbocycles. The second-order valence-electron chi connectivity index (χ2n) is 8.81. The molecule has 0 aliphatic carbocycles. The maximum Gasteiger partial charge on any atom is 0.420 e. The van der Waals surface area contributed by atoms with Crippen LogP contribution in [0.4, 0.5) is 14.4 Å². The lowest BCUT2D eigenvalue weighted by Gasteiger charge is -2.32. The number of nitrogens with one attached hydrogen (secondary N) is 1. The minimum absolute atomic E-state index is 0.00257. The van der Waals surface area contributed by atoms with Crippen LogP contribution in [0.5, 0.6) is 0 Å². The molecule has 178 valence electrons. The highest BCUT2D eigenvalue weighted by Gasteiger charge is 2.41. The molecule has 0 aliphatic rings. The van der Waals surface area contributed by atoms with Crippen LogP contribution >= 0.6 is 0 Å². The number of carbonyl (C=O) groups excluding carboxylic acids is 4. The number of esters is 1. The zero-order valence-electron chi connectivity index (χ0n) is 19.6. The molecule has 32 heavy (non-hydrogen) atoms. The molecular weight excluding hydrogens is 420 g/mol. The van der Waals surface area contributed by atoms with Crippen molar-refractivity contribution < 1.29 is 38.1 Å². The molecule has 1 atom stereocenters. The molecule has 0 saturated carbocycles. The van der Waals surface area contributed by atoms with Crippen molar-refractivity contribution in [2.24, 2.45) is 0 Å². The molecule has 0 aliphatic heterocycles. The number of alkyl carbamates (subject to hydrolysis) is 1. The average molecular weight is 453 g/mol. The smallest absolute Gasteiger partial charge is 0.420 e. The van der Waals surface area contributed by atoms with Crippen LogP contribution < -0.4 is 5.32 Å². The van der Waals surface area contributed by atoms with Crippen molar-refractivity contribution in [3.8, 4) is 0 Å². The van der Waals surface area contributed by atoms with Crippen molar-refractivity contribution in [3.63, 3.8) is 0 Å². The number of ether oxygens (including phenoxy) is 4. The molecule has 0 aromatic heterocycles. The number of hydrogen-bond acceptors (Lipinski definition) is 8. The predicted molar refractivity (Wildman–Crippen MR) is 115 cm³/mol. The van der Waals surface area contributed by atoms with Crippen molar-refractivity contribution in [2.75, 3.05) is 13.7 Å². The van der Waals surface area contributed by atoms with Gasteiger partial charge in [-0.25, -0.2) is 19.2 Å². The summed E-state index contributed by atoms with van der Waals surface area (Å²) in [7, 11) is 1.09. The Kier molecular flexibility index (Phi) is 9.49. The first-order chi connectivity index (χ1) is 14.7. The standard InChI is InChI=1S/C22H32N2O8/c1-21(2,3)31-19(27)24(20(28)32-22(4,5)6)16(17(25)29-7)13-23-18(26)30-14-15-11-9-8-10-12-15/h8-12,16H,13-14H2,1-7H3,(H,23,26)/t16-/m0/s1. The maximum atomic E-state index is 12.8. The van der Waals surface area contributed by atoms with Crippen LogP contribution in [0.15, 0.2) is 30.3 Å². The first kappa shape index (κ1) is 26.7. The quantitative estimate of drug-likeness (QED) is 0.513. The minimum atomic E-state index is -1.55. The highest BCUT2D eigenvalue weighted by atomic mass is 16.6. The van der Waals surface area contributed by atoms with Crippen molar-refractivity contribution in [3.05, 3.63) is 35.9 Å². The first-order valence-corrected chi connectivity index (χ1v) is 10.0. The van der Waals surface area contributed by atoms with Crippen LogP contribution in [-0.2, 0) is 30.3 Å². The zero-order chi connectivity index (χ0) is 24.5. The summed E-state index contributed by atoms with van der Waals surface area (Å²) in [5.74, 6) is -0.954. The topological polar surface area (TPSA) is 120 Å². The fraction of sp³-hybridized carbons (Fsp3) is 0.545. The Morgan fingerprint density at radius 1 is 0.906 bits per heavy atom. The molecule has 0 heterocycles. The largest absolute Gasteiger partial charge is 0.467 e. The number of methoxy groups -OCH3 is 1. The lowest BCUT2D eigenvalue weighted by atomic mass is 10.2. The van der Waals surface area contributed by atoms with Gasteiger partial charge in [-0.2, -0.15) is 4.90 Å². The summed E-state index contributed by atoms with van der Waals surface area (Å²) in [6.07, 6.45) is -3.10. The Morgan fingerprint density at radius 2 is 1.41 bits per heavy atom. The first-order valence-electron chi connectivity index (χ1n) is 10.0. The molecule has 10 heteroatoms. The molecule has 0 bridgehead atoms. The predicted octanol–water partition coefficient (Wildman–Crippen LogP) is 3.63. The summed E-state index contributed by atoms with van der Waals surface area (Å²) >= 11 is 0. The third-order valence-electron chi connectivity index (χ3n) is 3.62. The number of carbonyl (C=O) groups is 4. The Hall–Kier alpha value is -3.30. The van der Waals surface area contributed by atoms with E-state index in [1.807, 2.05) is 6.07 Å². The Balaban J connectivity index is 3.01. The lowest BCUT2D eigenvalue weighted by Crippen LogP contribution is -2.56. The van der Waals surface area contributed by atoms with Gasteiger partial charge >= 0.3 is 24.2 Å². The molecule has 0 spiro atoms. The second-order valence-corrected chi connectivity index (χ2v) is 8.81. The van der Waals surface area contributed by atoms with E-state index in [0.717, 1.165) is 12.7 Å². The van der Waals surface area contributed by atoms with Crippen LogP contribution in [0.3, 0.4) is 0 Å².